The van der Waals surface area contributed by atoms with Gasteiger partial charge in [-0.1, -0.05) is 6.07 Å². The summed E-state index contributed by atoms with van der Waals surface area (Å²) in [6.07, 6.45) is 1.92. The van der Waals surface area contributed by atoms with Gasteiger partial charge in [0.15, 0.2) is 0 Å². The molecule has 2 fully saturated rings. The fourth-order valence-electron chi connectivity index (χ4n) is 4.55. The number of nitrogens with zero attached hydrogens (tertiary/aromatic N) is 2. The molecule has 1 aromatic heterocycles. The maximum Gasteiger partial charge on any atom is 0.337 e. The van der Waals surface area contributed by atoms with Gasteiger partial charge in [-0.15, -0.1) is 0 Å². The molecule has 7 heteroatoms. The molecule has 2 aromatic rings. The number of carbonyl (C=O) groups excluding carboxylic acids is 2. The minimum atomic E-state index is -0.622. The number of likely N-dealkylation sites (tertiary alicyclic amines) is 1. The van der Waals surface area contributed by atoms with Gasteiger partial charge in [0, 0.05) is 25.0 Å². The number of hydrogen-bond donors (Lipinski definition) is 1. The first-order valence-electron chi connectivity index (χ1n) is 10.2. The van der Waals surface area contributed by atoms with Gasteiger partial charge in [-0.05, 0) is 61.9 Å². The Morgan fingerprint density at radius 3 is 2.63 bits per heavy atom. The van der Waals surface area contributed by atoms with E-state index in [4.69, 9.17) is 9.47 Å². The van der Waals surface area contributed by atoms with E-state index in [2.05, 4.69) is 4.98 Å². The summed E-state index contributed by atoms with van der Waals surface area (Å²) in [7, 11) is 1.33. The summed E-state index contributed by atoms with van der Waals surface area (Å²) < 4.78 is 10.8. The highest BCUT2D eigenvalue weighted by Crippen LogP contribution is 2.38. The van der Waals surface area contributed by atoms with Crippen LogP contribution in [0, 0.1) is 18.8 Å². The number of hydrogen-bond acceptors (Lipinski definition) is 6. The monoisotopic (exact) mass is 410 g/mol. The molecule has 2 heterocycles. The van der Waals surface area contributed by atoms with Gasteiger partial charge in [0.1, 0.15) is 11.9 Å². The van der Waals surface area contributed by atoms with Crippen molar-refractivity contribution in [3.05, 3.63) is 59.4 Å². The van der Waals surface area contributed by atoms with E-state index in [-0.39, 0.29) is 23.8 Å². The SMILES string of the molecule is COC(=O)c1cccc(O[C@@H]2C[C@@H]3CN(C(=O)c4cccnc4C)C[C@@H]3C[C@H]2O)c1. The van der Waals surface area contributed by atoms with Crippen LogP contribution in [0.1, 0.15) is 39.3 Å². The fraction of sp³-hybridized carbons (Fsp3) is 0.435. The number of aromatic nitrogens is 1. The van der Waals surface area contributed by atoms with Gasteiger partial charge in [-0.25, -0.2) is 4.79 Å². The molecule has 30 heavy (non-hydrogen) atoms. The van der Waals surface area contributed by atoms with Crippen LogP contribution < -0.4 is 4.74 Å². The Morgan fingerprint density at radius 1 is 1.13 bits per heavy atom. The van der Waals surface area contributed by atoms with Crippen LogP contribution in [0.15, 0.2) is 42.6 Å². The molecule has 1 saturated carbocycles. The molecular weight excluding hydrogens is 384 g/mol. The lowest BCUT2D eigenvalue weighted by Gasteiger charge is -2.35. The molecule has 1 aliphatic heterocycles. The molecule has 2 aliphatic rings. The van der Waals surface area contributed by atoms with E-state index in [0.29, 0.717) is 42.8 Å². The van der Waals surface area contributed by atoms with Crippen molar-refractivity contribution in [2.75, 3.05) is 20.2 Å². The van der Waals surface area contributed by atoms with E-state index < -0.39 is 12.1 Å². The lowest BCUT2D eigenvalue weighted by molar-refractivity contribution is -0.0231. The summed E-state index contributed by atoms with van der Waals surface area (Å²) in [5, 5.41) is 10.7. The second-order valence-corrected chi connectivity index (χ2v) is 8.08. The van der Waals surface area contributed by atoms with Crippen LogP contribution in [0.5, 0.6) is 5.75 Å². The third-order valence-corrected chi connectivity index (χ3v) is 6.15. The number of ether oxygens (including phenoxy) is 2. The van der Waals surface area contributed by atoms with Crippen LogP contribution in [-0.2, 0) is 4.74 Å². The van der Waals surface area contributed by atoms with E-state index in [1.54, 1.807) is 36.5 Å². The molecule has 0 spiro atoms. The first-order valence-corrected chi connectivity index (χ1v) is 10.2. The number of amides is 1. The molecule has 4 rings (SSSR count). The number of methoxy groups -OCH3 is 1. The molecule has 1 N–H and O–H groups in total. The van der Waals surface area contributed by atoms with Crippen molar-refractivity contribution in [3.8, 4) is 5.75 Å². The second-order valence-electron chi connectivity index (χ2n) is 8.08. The van der Waals surface area contributed by atoms with Crippen molar-refractivity contribution in [3.63, 3.8) is 0 Å². The van der Waals surface area contributed by atoms with Crippen molar-refractivity contribution in [2.45, 2.75) is 32.0 Å². The summed E-state index contributed by atoms with van der Waals surface area (Å²) in [6, 6.07) is 10.4. The van der Waals surface area contributed by atoms with Crippen molar-refractivity contribution >= 4 is 11.9 Å². The molecular formula is C23H26N2O5. The van der Waals surface area contributed by atoms with E-state index in [0.717, 1.165) is 5.69 Å². The van der Waals surface area contributed by atoms with Crippen LogP contribution in [0.4, 0.5) is 0 Å². The maximum absolute atomic E-state index is 12.9. The zero-order valence-corrected chi connectivity index (χ0v) is 17.2. The van der Waals surface area contributed by atoms with Crippen LogP contribution in [0.2, 0.25) is 0 Å². The van der Waals surface area contributed by atoms with Gasteiger partial charge < -0.3 is 19.5 Å². The quantitative estimate of drug-likeness (QED) is 0.779. The molecule has 1 saturated heterocycles. The highest BCUT2D eigenvalue weighted by molar-refractivity contribution is 5.95. The summed E-state index contributed by atoms with van der Waals surface area (Å²) in [4.78, 5) is 30.8. The van der Waals surface area contributed by atoms with Crippen molar-refractivity contribution in [2.24, 2.45) is 11.8 Å². The predicted octanol–water partition coefficient (Wildman–Crippen LogP) is 2.47. The number of rotatable bonds is 4. The lowest BCUT2D eigenvalue weighted by atomic mass is 9.78. The Morgan fingerprint density at radius 2 is 1.90 bits per heavy atom. The third-order valence-electron chi connectivity index (χ3n) is 6.15. The van der Waals surface area contributed by atoms with Gasteiger partial charge in [0.05, 0.1) is 24.3 Å². The Labute approximate surface area is 175 Å². The van der Waals surface area contributed by atoms with Gasteiger partial charge in [0.25, 0.3) is 5.91 Å². The topological polar surface area (TPSA) is 89.0 Å². The van der Waals surface area contributed by atoms with Crippen molar-refractivity contribution in [1.29, 1.82) is 0 Å². The van der Waals surface area contributed by atoms with Crippen LogP contribution in [-0.4, -0.2) is 59.3 Å². The lowest BCUT2D eigenvalue weighted by Crippen LogP contribution is -2.42. The average molecular weight is 410 g/mol. The Balaban J connectivity index is 1.43. The maximum atomic E-state index is 12.9. The normalized spacial score (nSPS) is 25.5. The molecule has 0 unspecified atom stereocenters. The first kappa shape index (κ1) is 20.3. The Kier molecular flexibility index (Phi) is 5.72. The van der Waals surface area contributed by atoms with Gasteiger partial charge >= 0.3 is 5.97 Å². The van der Waals surface area contributed by atoms with Crippen molar-refractivity contribution < 1.29 is 24.2 Å². The minimum Gasteiger partial charge on any atom is -0.488 e. The van der Waals surface area contributed by atoms with Gasteiger partial charge in [-0.2, -0.15) is 0 Å². The van der Waals surface area contributed by atoms with E-state index >= 15 is 0 Å². The van der Waals surface area contributed by atoms with Crippen LogP contribution in [0.3, 0.4) is 0 Å². The standard InChI is InChI=1S/C23H26N2O5/c1-14-19(7-4-8-24-14)22(27)25-12-16-10-20(26)21(11-17(16)13-25)30-18-6-3-5-15(9-18)23(28)29-2/h3-9,16-17,20-21,26H,10-13H2,1-2H3/t16-,17+,20+,21+/m0/s1. The summed E-state index contributed by atoms with van der Waals surface area (Å²) in [5.41, 5.74) is 1.76. The smallest absolute Gasteiger partial charge is 0.337 e. The summed E-state index contributed by atoms with van der Waals surface area (Å²) in [6.45, 7) is 3.12. The predicted molar refractivity (Wildman–Crippen MR) is 109 cm³/mol. The largest absolute Gasteiger partial charge is 0.488 e. The molecule has 1 aromatic carbocycles. The molecule has 0 bridgehead atoms. The number of fused-ring (bicyclic) bond motifs is 1. The van der Waals surface area contributed by atoms with Gasteiger partial charge in [0.2, 0.25) is 0 Å². The molecule has 158 valence electrons. The number of pyridine rings is 1. The number of aliphatic hydroxyl groups is 1. The molecule has 7 nitrogen and oxygen atoms in total. The zero-order chi connectivity index (χ0) is 21.3. The molecule has 1 aliphatic carbocycles. The van der Waals surface area contributed by atoms with E-state index in [9.17, 15) is 14.7 Å². The van der Waals surface area contributed by atoms with Crippen LogP contribution in [0.25, 0.3) is 0 Å². The number of benzene rings is 1. The zero-order valence-electron chi connectivity index (χ0n) is 17.2. The number of esters is 1. The van der Waals surface area contributed by atoms with E-state index in [1.165, 1.54) is 7.11 Å². The Bertz CT molecular complexity index is 947. The number of aryl methyl sites for hydroxylation is 1. The molecule has 0 radical (unpaired) electrons. The minimum absolute atomic E-state index is 0.00672. The second kappa shape index (κ2) is 8.44. The third kappa shape index (κ3) is 4.03. The number of aliphatic hydroxyl groups excluding tert-OH is 1. The highest BCUT2D eigenvalue weighted by atomic mass is 16.5. The highest BCUT2D eigenvalue weighted by Gasteiger charge is 2.44. The fourth-order valence-corrected chi connectivity index (χ4v) is 4.55. The van der Waals surface area contributed by atoms with Crippen molar-refractivity contribution in [1.82, 2.24) is 9.88 Å². The summed E-state index contributed by atoms with van der Waals surface area (Å²) in [5.74, 6) is 0.607. The van der Waals surface area contributed by atoms with Crippen LogP contribution >= 0.6 is 0 Å². The molecule has 4 atom stereocenters. The van der Waals surface area contributed by atoms with E-state index in [1.807, 2.05) is 17.9 Å². The Hall–Kier alpha value is -2.93. The number of carbonyl (C=O) groups is 2. The average Bonchev–Trinajstić information content (AvgIpc) is 3.16. The summed E-state index contributed by atoms with van der Waals surface area (Å²) >= 11 is 0. The first-order chi connectivity index (χ1) is 14.5. The van der Waals surface area contributed by atoms with Gasteiger partial charge in [-0.3, -0.25) is 9.78 Å². The molecule has 1 amide bonds.